The Balaban J connectivity index is 2.87. The van der Waals surface area contributed by atoms with Crippen LogP contribution in [0.5, 0.6) is 0 Å². The second-order valence-corrected chi connectivity index (χ2v) is 4.73. The fraction of sp³-hybridized carbons (Fsp3) is 0.778. The molecule has 5 heteroatoms. The maximum absolute atomic E-state index is 9.08. The van der Waals surface area contributed by atoms with Gasteiger partial charge in [0.15, 0.2) is 11.0 Å². The van der Waals surface area contributed by atoms with Gasteiger partial charge in [0.2, 0.25) is 0 Å². The number of hydrogen-bond acceptors (Lipinski definition) is 4. The zero-order valence-corrected chi connectivity index (χ0v) is 9.71. The van der Waals surface area contributed by atoms with E-state index < -0.39 is 0 Å². The molecule has 1 N–H and O–H groups in total. The van der Waals surface area contributed by atoms with Gasteiger partial charge in [-0.1, -0.05) is 32.5 Å². The van der Waals surface area contributed by atoms with E-state index in [4.69, 9.17) is 5.11 Å². The van der Waals surface area contributed by atoms with Crippen LogP contribution in [0.1, 0.15) is 26.6 Å². The molecule has 0 aliphatic carbocycles. The molecule has 0 amide bonds. The van der Waals surface area contributed by atoms with Crippen LogP contribution in [0.25, 0.3) is 0 Å². The Morgan fingerprint density at radius 2 is 2.14 bits per heavy atom. The summed E-state index contributed by atoms with van der Waals surface area (Å²) < 4.78 is 2.00. The molecule has 4 nitrogen and oxygen atoms in total. The van der Waals surface area contributed by atoms with E-state index in [9.17, 15) is 0 Å². The minimum atomic E-state index is -0.0377. The Hall–Kier alpha value is -0.550. The summed E-state index contributed by atoms with van der Waals surface area (Å²) in [6.07, 6.45) is 0. The van der Waals surface area contributed by atoms with Crippen molar-refractivity contribution in [2.24, 2.45) is 5.92 Å². The molecule has 0 fully saturated rings. The van der Waals surface area contributed by atoms with Crippen LogP contribution in [-0.4, -0.2) is 25.6 Å². The summed E-state index contributed by atoms with van der Waals surface area (Å²) in [5.74, 6) is 2.17. The van der Waals surface area contributed by atoms with Crippen LogP contribution in [0.3, 0.4) is 0 Å². The highest BCUT2D eigenvalue weighted by atomic mass is 32.2. The molecule has 0 radical (unpaired) electrons. The minimum Gasteiger partial charge on any atom is -0.388 e. The maximum atomic E-state index is 9.08. The fourth-order valence-electron chi connectivity index (χ4n) is 1.22. The number of nitrogens with zero attached hydrogens (tertiary/aromatic N) is 3. The third-order valence-electron chi connectivity index (χ3n) is 1.76. The molecule has 0 unspecified atom stereocenters. The van der Waals surface area contributed by atoms with Crippen LogP contribution in [0.4, 0.5) is 0 Å². The Labute approximate surface area is 88.7 Å². The van der Waals surface area contributed by atoms with Crippen molar-refractivity contribution >= 4 is 11.8 Å². The van der Waals surface area contributed by atoms with E-state index in [1.165, 1.54) is 0 Å². The van der Waals surface area contributed by atoms with Gasteiger partial charge in [0.05, 0.1) is 0 Å². The second-order valence-electron chi connectivity index (χ2n) is 3.49. The van der Waals surface area contributed by atoms with Crippen molar-refractivity contribution in [2.75, 3.05) is 5.75 Å². The van der Waals surface area contributed by atoms with Crippen molar-refractivity contribution in [2.45, 2.75) is 39.1 Å². The summed E-state index contributed by atoms with van der Waals surface area (Å²) in [4.78, 5) is 0. The van der Waals surface area contributed by atoms with E-state index in [1.54, 1.807) is 11.8 Å². The molecule has 80 valence electrons. The molecule has 0 atom stereocenters. The number of aromatic nitrogens is 3. The van der Waals surface area contributed by atoms with E-state index in [2.05, 4.69) is 31.0 Å². The molecule has 14 heavy (non-hydrogen) atoms. The highest BCUT2D eigenvalue weighted by molar-refractivity contribution is 7.99. The van der Waals surface area contributed by atoms with Gasteiger partial charge in [-0.2, -0.15) is 0 Å². The Morgan fingerprint density at radius 1 is 1.43 bits per heavy atom. The first kappa shape index (κ1) is 11.5. The van der Waals surface area contributed by atoms with E-state index in [0.29, 0.717) is 11.7 Å². The van der Waals surface area contributed by atoms with Gasteiger partial charge < -0.3 is 9.67 Å². The number of hydrogen-bond donors (Lipinski definition) is 1. The van der Waals surface area contributed by atoms with E-state index in [-0.39, 0.29) is 6.61 Å². The molecule has 0 spiro atoms. The lowest BCUT2D eigenvalue weighted by Crippen LogP contribution is -2.09. The van der Waals surface area contributed by atoms with Crippen molar-refractivity contribution in [3.05, 3.63) is 5.82 Å². The standard InChI is InChI=1S/C9H17N3OS/c1-4-14-9-11-10-8(6-13)12(9)5-7(2)3/h7,13H,4-6H2,1-3H3. The van der Waals surface area contributed by atoms with Crippen molar-refractivity contribution in [1.29, 1.82) is 0 Å². The van der Waals surface area contributed by atoms with E-state index in [1.807, 2.05) is 4.57 Å². The van der Waals surface area contributed by atoms with E-state index >= 15 is 0 Å². The van der Waals surface area contributed by atoms with E-state index in [0.717, 1.165) is 17.5 Å². The molecule has 1 aromatic heterocycles. The van der Waals surface area contributed by atoms with Gasteiger partial charge in [-0.15, -0.1) is 10.2 Å². The Morgan fingerprint density at radius 3 is 2.64 bits per heavy atom. The first-order chi connectivity index (χ1) is 6.69. The van der Waals surface area contributed by atoms with Crippen molar-refractivity contribution < 1.29 is 5.11 Å². The van der Waals surface area contributed by atoms with Gasteiger partial charge in [0.25, 0.3) is 0 Å². The zero-order valence-electron chi connectivity index (χ0n) is 8.90. The highest BCUT2D eigenvalue weighted by Gasteiger charge is 2.11. The predicted octanol–water partition coefficient (Wildman–Crippen LogP) is 1.54. The maximum Gasteiger partial charge on any atom is 0.191 e. The molecule has 0 aromatic carbocycles. The molecule has 1 aromatic rings. The summed E-state index contributed by atoms with van der Waals surface area (Å²) in [6.45, 7) is 7.19. The second kappa shape index (κ2) is 5.36. The number of rotatable bonds is 5. The van der Waals surface area contributed by atoms with Gasteiger partial charge in [-0.3, -0.25) is 0 Å². The van der Waals surface area contributed by atoms with Gasteiger partial charge in [0, 0.05) is 6.54 Å². The zero-order chi connectivity index (χ0) is 10.6. The molecule has 0 saturated heterocycles. The molecule has 1 heterocycles. The number of aliphatic hydroxyl groups excluding tert-OH is 1. The average molecular weight is 215 g/mol. The van der Waals surface area contributed by atoms with Crippen LogP contribution in [-0.2, 0) is 13.2 Å². The van der Waals surface area contributed by atoms with Crippen molar-refractivity contribution in [3.63, 3.8) is 0 Å². The summed E-state index contributed by atoms with van der Waals surface area (Å²) in [7, 11) is 0. The fourth-order valence-corrected chi connectivity index (χ4v) is 1.91. The third kappa shape index (κ3) is 2.72. The SMILES string of the molecule is CCSc1nnc(CO)n1CC(C)C. The topological polar surface area (TPSA) is 50.9 Å². The molecule has 0 aliphatic heterocycles. The quantitative estimate of drug-likeness (QED) is 0.757. The van der Waals surface area contributed by atoms with Crippen molar-refractivity contribution in [3.8, 4) is 0 Å². The van der Waals surface area contributed by atoms with Crippen LogP contribution in [0.15, 0.2) is 5.16 Å². The number of thioether (sulfide) groups is 1. The largest absolute Gasteiger partial charge is 0.388 e. The normalized spacial score (nSPS) is 11.2. The summed E-state index contributed by atoms with van der Waals surface area (Å²) in [5, 5.41) is 18.0. The lowest BCUT2D eigenvalue weighted by molar-refractivity contribution is 0.260. The van der Waals surface area contributed by atoms with Crippen LogP contribution >= 0.6 is 11.8 Å². The lowest BCUT2D eigenvalue weighted by atomic mass is 10.2. The highest BCUT2D eigenvalue weighted by Crippen LogP contribution is 2.17. The first-order valence-electron chi connectivity index (χ1n) is 4.84. The van der Waals surface area contributed by atoms with Gasteiger partial charge in [-0.25, -0.2) is 0 Å². The summed E-state index contributed by atoms with van der Waals surface area (Å²) in [5.41, 5.74) is 0. The first-order valence-corrected chi connectivity index (χ1v) is 5.83. The third-order valence-corrected chi connectivity index (χ3v) is 2.60. The Bertz CT molecular complexity index is 286. The predicted molar refractivity (Wildman–Crippen MR) is 57.2 cm³/mol. The van der Waals surface area contributed by atoms with Crippen LogP contribution in [0.2, 0.25) is 0 Å². The number of aliphatic hydroxyl groups is 1. The molecular weight excluding hydrogens is 198 g/mol. The van der Waals surface area contributed by atoms with Crippen LogP contribution < -0.4 is 0 Å². The van der Waals surface area contributed by atoms with Gasteiger partial charge in [0.1, 0.15) is 6.61 Å². The molecule has 0 saturated carbocycles. The summed E-state index contributed by atoms with van der Waals surface area (Å²) in [6, 6.07) is 0. The smallest absolute Gasteiger partial charge is 0.191 e. The average Bonchev–Trinajstić information content (AvgIpc) is 2.48. The molecule has 0 aliphatic rings. The molecule has 1 rings (SSSR count). The minimum absolute atomic E-state index is 0.0377. The Kier molecular flexibility index (Phi) is 4.41. The summed E-state index contributed by atoms with van der Waals surface area (Å²) >= 11 is 1.66. The monoisotopic (exact) mass is 215 g/mol. The lowest BCUT2D eigenvalue weighted by Gasteiger charge is -2.10. The molecule has 0 bridgehead atoms. The van der Waals surface area contributed by atoms with Gasteiger partial charge >= 0.3 is 0 Å². The molecular formula is C9H17N3OS. The van der Waals surface area contributed by atoms with Crippen LogP contribution in [0, 0.1) is 5.92 Å². The van der Waals surface area contributed by atoms with Crippen molar-refractivity contribution in [1.82, 2.24) is 14.8 Å². The van der Waals surface area contributed by atoms with Gasteiger partial charge in [-0.05, 0) is 11.7 Å².